The van der Waals surface area contributed by atoms with Crippen molar-refractivity contribution in [1.29, 1.82) is 0 Å². The van der Waals surface area contributed by atoms with Crippen LogP contribution in [-0.4, -0.2) is 11.5 Å². The maximum atomic E-state index is 10.9. The second kappa shape index (κ2) is 4.08. The first-order valence-electron chi connectivity index (χ1n) is 4.57. The number of rotatable bonds is 1. The van der Waals surface area contributed by atoms with E-state index in [1.807, 2.05) is 0 Å². The summed E-state index contributed by atoms with van der Waals surface area (Å²) in [6.45, 7) is 0.396. The molecule has 0 aliphatic carbocycles. The molecule has 5 nitrogen and oxygen atoms in total. The number of nitro groups is 1. The van der Waals surface area contributed by atoms with Crippen LogP contribution < -0.4 is 10.5 Å². The molecule has 0 unspecified atom stereocenters. The minimum absolute atomic E-state index is 0.0188. The number of ether oxygens (including phenoxy) is 1. The Kier molecular flexibility index (Phi) is 2.92. The van der Waals surface area contributed by atoms with Crippen LogP contribution in [0.15, 0.2) is 6.07 Å². The van der Waals surface area contributed by atoms with Crippen LogP contribution >= 0.6 is 23.2 Å². The Morgan fingerprint density at radius 2 is 2.19 bits per heavy atom. The molecule has 0 saturated carbocycles. The minimum atomic E-state index is -0.563. The lowest BCUT2D eigenvalue weighted by Crippen LogP contribution is -2.22. The third-order valence-corrected chi connectivity index (χ3v) is 2.99. The van der Waals surface area contributed by atoms with E-state index >= 15 is 0 Å². The van der Waals surface area contributed by atoms with Gasteiger partial charge in [0.15, 0.2) is 0 Å². The summed E-state index contributed by atoms with van der Waals surface area (Å²) in [7, 11) is 0. The highest BCUT2D eigenvalue weighted by molar-refractivity contribution is 6.37. The predicted octanol–water partition coefficient (Wildman–Crippen LogP) is 2.68. The second-order valence-electron chi connectivity index (χ2n) is 3.43. The van der Waals surface area contributed by atoms with Gasteiger partial charge in [-0.2, -0.15) is 0 Å². The largest absolute Gasteiger partial charge is 0.491 e. The SMILES string of the molecule is N[C@H]1CCOc2c(Cl)cc(Cl)c([N+](=O)[O-])c21. The quantitative estimate of drug-likeness (QED) is 0.624. The van der Waals surface area contributed by atoms with E-state index in [4.69, 9.17) is 33.7 Å². The molecule has 1 atom stereocenters. The second-order valence-corrected chi connectivity index (χ2v) is 4.25. The van der Waals surface area contributed by atoms with Crippen LogP contribution in [0.5, 0.6) is 5.75 Å². The van der Waals surface area contributed by atoms with E-state index in [2.05, 4.69) is 0 Å². The number of hydrogen-bond donors (Lipinski definition) is 1. The van der Waals surface area contributed by atoms with Crippen molar-refractivity contribution in [2.75, 3.05) is 6.61 Å². The molecule has 1 aromatic carbocycles. The number of fused-ring (bicyclic) bond motifs is 1. The minimum Gasteiger partial charge on any atom is -0.491 e. The van der Waals surface area contributed by atoms with Crippen molar-refractivity contribution in [3.05, 3.63) is 31.8 Å². The van der Waals surface area contributed by atoms with Crippen molar-refractivity contribution >= 4 is 28.9 Å². The topological polar surface area (TPSA) is 78.4 Å². The lowest BCUT2D eigenvalue weighted by atomic mass is 9.99. The molecular formula is C9H8Cl2N2O3. The van der Waals surface area contributed by atoms with Gasteiger partial charge in [-0.1, -0.05) is 23.2 Å². The summed E-state index contributed by atoms with van der Waals surface area (Å²) in [5.41, 5.74) is 5.89. The number of hydrogen-bond acceptors (Lipinski definition) is 4. The van der Waals surface area contributed by atoms with Crippen molar-refractivity contribution in [1.82, 2.24) is 0 Å². The first kappa shape index (κ1) is 11.4. The third kappa shape index (κ3) is 1.71. The van der Waals surface area contributed by atoms with Gasteiger partial charge in [0.1, 0.15) is 10.8 Å². The van der Waals surface area contributed by atoms with Crippen LogP contribution in [-0.2, 0) is 0 Å². The average Bonchev–Trinajstić information content (AvgIpc) is 2.19. The molecule has 1 aliphatic heterocycles. The smallest absolute Gasteiger partial charge is 0.296 e. The average molecular weight is 263 g/mol. The highest BCUT2D eigenvalue weighted by atomic mass is 35.5. The first-order chi connectivity index (χ1) is 7.52. The van der Waals surface area contributed by atoms with Crippen LogP contribution in [0, 0.1) is 10.1 Å². The van der Waals surface area contributed by atoms with Crippen molar-refractivity contribution in [3.63, 3.8) is 0 Å². The Morgan fingerprint density at radius 3 is 2.81 bits per heavy atom. The number of halogens is 2. The molecule has 7 heteroatoms. The summed E-state index contributed by atoms with van der Waals surface area (Å²) in [4.78, 5) is 10.4. The molecule has 1 aromatic rings. The van der Waals surface area contributed by atoms with Crippen LogP contribution in [0.2, 0.25) is 10.0 Å². The molecule has 0 aromatic heterocycles. The van der Waals surface area contributed by atoms with Gasteiger partial charge in [-0.15, -0.1) is 0 Å². The van der Waals surface area contributed by atoms with E-state index < -0.39 is 11.0 Å². The van der Waals surface area contributed by atoms with Gasteiger partial charge in [0, 0.05) is 12.5 Å². The Morgan fingerprint density at radius 1 is 1.50 bits per heavy atom. The molecule has 1 aliphatic rings. The van der Waals surface area contributed by atoms with Gasteiger partial charge in [-0.3, -0.25) is 10.1 Å². The Labute approximate surface area is 101 Å². The molecule has 86 valence electrons. The van der Waals surface area contributed by atoms with Gasteiger partial charge in [-0.25, -0.2) is 0 Å². The highest BCUT2D eigenvalue weighted by Gasteiger charge is 2.32. The van der Waals surface area contributed by atoms with Gasteiger partial charge in [0.2, 0.25) is 0 Å². The zero-order valence-electron chi connectivity index (χ0n) is 8.07. The van der Waals surface area contributed by atoms with Gasteiger partial charge >= 0.3 is 0 Å². The lowest BCUT2D eigenvalue weighted by Gasteiger charge is -2.23. The molecule has 0 radical (unpaired) electrons. The Hall–Kier alpha value is -1.04. The Balaban J connectivity index is 2.74. The summed E-state index contributed by atoms with van der Waals surface area (Å²) < 4.78 is 5.30. The first-order valence-corrected chi connectivity index (χ1v) is 5.32. The molecule has 0 fully saturated rings. The summed E-state index contributed by atoms with van der Waals surface area (Å²) >= 11 is 11.7. The zero-order valence-corrected chi connectivity index (χ0v) is 9.59. The monoisotopic (exact) mass is 262 g/mol. The molecule has 2 N–H and O–H groups in total. The van der Waals surface area contributed by atoms with Gasteiger partial charge in [0.25, 0.3) is 5.69 Å². The van der Waals surface area contributed by atoms with E-state index in [-0.39, 0.29) is 27.0 Å². The van der Waals surface area contributed by atoms with Crippen LogP contribution in [0.25, 0.3) is 0 Å². The van der Waals surface area contributed by atoms with Gasteiger partial charge in [-0.05, 0) is 6.07 Å². The fourth-order valence-corrected chi connectivity index (χ4v) is 2.32. The standard InChI is InChI=1S/C9H8Cl2N2O3/c10-4-3-5(11)9-7(8(4)13(14)15)6(12)1-2-16-9/h3,6H,1-2,12H2/t6-/m0/s1. The van der Waals surface area contributed by atoms with Crippen LogP contribution in [0.4, 0.5) is 5.69 Å². The van der Waals surface area contributed by atoms with Gasteiger partial charge < -0.3 is 10.5 Å². The lowest BCUT2D eigenvalue weighted by molar-refractivity contribution is -0.385. The van der Waals surface area contributed by atoms with Crippen molar-refractivity contribution < 1.29 is 9.66 Å². The summed E-state index contributed by atoms with van der Waals surface area (Å²) in [6, 6.07) is 0.832. The normalized spacial score (nSPS) is 18.8. The third-order valence-electron chi connectivity index (χ3n) is 2.42. The zero-order chi connectivity index (χ0) is 11.9. The molecule has 1 heterocycles. The van der Waals surface area contributed by atoms with E-state index in [9.17, 15) is 10.1 Å². The van der Waals surface area contributed by atoms with E-state index in [0.29, 0.717) is 13.0 Å². The summed E-state index contributed by atoms with van der Waals surface area (Å²) in [6.07, 6.45) is 0.504. The molecule has 0 amide bonds. The number of benzene rings is 1. The number of nitro benzene ring substituents is 1. The summed E-state index contributed by atoms with van der Waals surface area (Å²) in [5, 5.41) is 11.1. The summed E-state index contributed by atoms with van der Waals surface area (Å²) in [5.74, 6) is 0.275. The number of nitrogens with two attached hydrogens (primary N) is 1. The van der Waals surface area contributed by atoms with E-state index in [1.54, 1.807) is 0 Å². The Bertz CT molecular complexity index is 465. The molecule has 0 bridgehead atoms. The molecule has 16 heavy (non-hydrogen) atoms. The van der Waals surface area contributed by atoms with Gasteiger partial charge in [0.05, 0.1) is 22.1 Å². The maximum absolute atomic E-state index is 10.9. The van der Waals surface area contributed by atoms with E-state index in [0.717, 1.165) is 0 Å². The van der Waals surface area contributed by atoms with Crippen LogP contribution in [0.1, 0.15) is 18.0 Å². The number of nitrogens with zero attached hydrogens (tertiary/aromatic N) is 1. The molecule has 0 saturated heterocycles. The fraction of sp³-hybridized carbons (Fsp3) is 0.333. The maximum Gasteiger partial charge on any atom is 0.296 e. The predicted molar refractivity (Wildman–Crippen MR) is 60.2 cm³/mol. The van der Waals surface area contributed by atoms with Crippen molar-refractivity contribution in [2.45, 2.75) is 12.5 Å². The molecule has 0 spiro atoms. The highest BCUT2D eigenvalue weighted by Crippen LogP contribution is 2.46. The molecular weight excluding hydrogens is 255 g/mol. The van der Waals surface area contributed by atoms with E-state index in [1.165, 1.54) is 6.07 Å². The van der Waals surface area contributed by atoms with Crippen molar-refractivity contribution in [3.8, 4) is 5.75 Å². The van der Waals surface area contributed by atoms with Crippen LogP contribution in [0.3, 0.4) is 0 Å². The van der Waals surface area contributed by atoms with Crippen molar-refractivity contribution in [2.24, 2.45) is 5.73 Å². The molecule has 2 rings (SSSR count). The fourth-order valence-electron chi connectivity index (χ4n) is 1.72.